The van der Waals surface area contributed by atoms with Crippen LogP contribution in [0.2, 0.25) is 0 Å². The zero-order chi connectivity index (χ0) is 16.1. The van der Waals surface area contributed by atoms with Gasteiger partial charge in [-0.25, -0.2) is 4.98 Å². The second-order valence-electron chi connectivity index (χ2n) is 6.29. The lowest BCUT2D eigenvalue weighted by Gasteiger charge is -2.40. The van der Waals surface area contributed by atoms with Crippen LogP contribution in [0.3, 0.4) is 0 Å². The van der Waals surface area contributed by atoms with Crippen molar-refractivity contribution in [3.05, 3.63) is 38.8 Å². The molecule has 0 spiro atoms. The van der Waals surface area contributed by atoms with Gasteiger partial charge in [-0.1, -0.05) is 0 Å². The molecule has 0 saturated carbocycles. The fraction of sp³-hybridized carbons (Fsp3) is 0.471. The first-order chi connectivity index (χ1) is 10.3. The van der Waals surface area contributed by atoms with Gasteiger partial charge < -0.3 is 15.6 Å². The van der Waals surface area contributed by atoms with Gasteiger partial charge in [-0.15, -0.1) is 11.3 Å². The molecule has 3 rings (SSSR count). The summed E-state index contributed by atoms with van der Waals surface area (Å²) in [5, 5.41) is 13.1. The average molecular weight is 318 g/mol. The van der Waals surface area contributed by atoms with Gasteiger partial charge in [-0.3, -0.25) is 0 Å². The van der Waals surface area contributed by atoms with Gasteiger partial charge in [0.15, 0.2) is 0 Å². The Morgan fingerprint density at radius 3 is 2.68 bits per heavy atom. The maximum Gasteiger partial charge on any atom is 0.128 e. The van der Waals surface area contributed by atoms with E-state index in [1.165, 1.54) is 0 Å². The highest BCUT2D eigenvalue weighted by molar-refractivity contribution is 7.09. The molecule has 0 amide bonds. The lowest BCUT2D eigenvalue weighted by molar-refractivity contribution is 0.0368. The number of fused-ring (bicyclic) bond motifs is 1. The van der Waals surface area contributed by atoms with Gasteiger partial charge in [-0.2, -0.15) is 0 Å². The second-order valence-corrected chi connectivity index (χ2v) is 7.22. The number of nitrogens with zero attached hydrogens (tertiary/aromatic N) is 1. The molecule has 2 heterocycles. The van der Waals surface area contributed by atoms with E-state index in [-0.39, 0.29) is 6.04 Å². The van der Waals surface area contributed by atoms with Gasteiger partial charge in [-0.05, 0) is 57.2 Å². The highest BCUT2D eigenvalue weighted by Crippen LogP contribution is 2.46. The summed E-state index contributed by atoms with van der Waals surface area (Å²) in [6, 6.07) is -0.255. The van der Waals surface area contributed by atoms with E-state index in [1.54, 1.807) is 17.5 Å². The molecule has 118 valence electrons. The van der Waals surface area contributed by atoms with Crippen LogP contribution < -0.4 is 10.5 Å². The van der Waals surface area contributed by atoms with Gasteiger partial charge in [0.25, 0.3) is 0 Å². The molecule has 1 aliphatic rings. The number of phenols is 1. The summed E-state index contributed by atoms with van der Waals surface area (Å²) in [5.41, 5.74) is 9.85. The zero-order valence-corrected chi connectivity index (χ0v) is 14.3. The van der Waals surface area contributed by atoms with Gasteiger partial charge in [0.05, 0.1) is 6.04 Å². The van der Waals surface area contributed by atoms with Crippen LogP contribution in [-0.4, -0.2) is 15.7 Å². The van der Waals surface area contributed by atoms with E-state index < -0.39 is 5.60 Å². The molecule has 2 aromatic rings. The number of hydrogen-bond donors (Lipinski definition) is 2. The Hall–Kier alpha value is -1.59. The first kappa shape index (κ1) is 15.3. The van der Waals surface area contributed by atoms with E-state index in [4.69, 9.17) is 10.5 Å². The van der Waals surface area contributed by atoms with E-state index in [2.05, 4.69) is 11.9 Å². The molecule has 0 radical (unpaired) electrons. The number of rotatable bonds is 2. The van der Waals surface area contributed by atoms with Crippen LogP contribution in [0.5, 0.6) is 11.5 Å². The number of benzene rings is 1. The Morgan fingerprint density at radius 2 is 2.05 bits per heavy atom. The zero-order valence-electron chi connectivity index (χ0n) is 13.4. The van der Waals surface area contributed by atoms with Crippen molar-refractivity contribution in [3.63, 3.8) is 0 Å². The van der Waals surface area contributed by atoms with Crippen molar-refractivity contribution >= 4 is 11.3 Å². The predicted octanol–water partition coefficient (Wildman–Crippen LogP) is 3.56. The normalized spacial score (nSPS) is 22.0. The minimum absolute atomic E-state index is 0.255. The fourth-order valence-corrected chi connectivity index (χ4v) is 3.91. The molecule has 1 aliphatic heterocycles. The van der Waals surface area contributed by atoms with Crippen molar-refractivity contribution in [2.45, 2.75) is 52.2 Å². The molecule has 1 aromatic carbocycles. The molecule has 0 fully saturated rings. The first-order valence-electron chi connectivity index (χ1n) is 7.50. The van der Waals surface area contributed by atoms with E-state index in [0.717, 1.165) is 45.9 Å². The summed E-state index contributed by atoms with van der Waals surface area (Å²) in [4.78, 5) is 4.34. The number of aromatic nitrogens is 1. The molecule has 0 bridgehead atoms. The van der Waals surface area contributed by atoms with Crippen molar-refractivity contribution in [2.24, 2.45) is 5.73 Å². The van der Waals surface area contributed by atoms with Crippen LogP contribution in [0.1, 0.15) is 46.6 Å². The third-order valence-electron chi connectivity index (χ3n) is 4.92. The summed E-state index contributed by atoms with van der Waals surface area (Å²) >= 11 is 1.56. The minimum atomic E-state index is -0.481. The number of ether oxygens (including phenoxy) is 1. The number of nitrogens with two attached hydrogens (primary N) is 1. The molecule has 5 heteroatoms. The van der Waals surface area contributed by atoms with E-state index in [0.29, 0.717) is 5.75 Å². The van der Waals surface area contributed by atoms with Crippen LogP contribution >= 0.6 is 11.3 Å². The summed E-state index contributed by atoms with van der Waals surface area (Å²) in [5.74, 6) is 1.27. The minimum Gasteiger partial charge on any atom is -0.507 e. The fourth-order valence-electron chi connectivity index (χ4n) is 3.13. The lowest BCUT2D eigenvalue weighted by Crippen LogP contribution is -2.46. The molecular weight excluding hydrogens is 296 g/mol. The van der Waals surface area contributed by atoms with Crippen LogP contribution in [0.25, 0.3) is 0 Å². The molecule has 0 saturated heterocycles. The van der Waals surface area contributed by atoms with Gasteiger partial charge in [0, 0.05) is 17.1 Å². The molecule has 22 heavy (non-hydrogen) atoms. The van der Waals surface area contributed by atoms with Gasteiger partial charge >= 0.3 is 0 Å². The second kappa shape index (κ2) is 5.25. The molecule has 2 unspecified atom stereocenters. The topological polar surface area (TPSA) is 68.4 Å². The Bertz CT molecular complexity index is 712. The predicted molar refractivity (Wildman–Crippen MR) is 88.7 cm³/mol. The average Bonchev–Trinajstić information content (AvgIpc) is 3.04. The molecule has 1 aromatic heterocycles. The van der Waals surface area contributed by atoms with Crippen LogP contribution in [0, 0.1) is 20.8 Å². The summed E-state index contributed by atoms with van der Waals surface area (Å²) in [7, 11) is 0. The van der Waals surface area contributed by atoms with E-state index in [1.807, 2.05) is 26.2 Å². The number of phenolic OH excluding ortho intramolecular Hbond substituents is 1. The third kappa shape index (κ3) is 2.20. The van der Waals surface area contributed by atoms with Crippen molar-refractivity contribution in [3.8, 4) is 11.5 Å². The molecule has 0 aliphatic carbocycles. The molecule has 4 nitrogen and oxygen atoms in total. The van der Waals surface area contributed by atoms with Crippen molar-refractivity contribution in [1.29, 1.82) is 0 Å². The maximum absolute atomic E-state index is 10.2. The molecule has 3 N–H and O–H groups in total. The SMILES string of the molecule is Cc1c(C)c2c(c(C)c1O)CCC(C)(C(N)c1nccs1)O2. The molecule has 2 atom stereocenters. The highest BCUT2D eigenvalue weighted by Gasteiger charge is 2.41. The number of thiazole rings is 1. The van der Waals surface area contributed by atoms with Gasteiger partial charge in [0.2, 0.25) is 0 Å². The van der Waals surface area contributed by atoms with E-state index >= 15 is 0 Å². The van der Waals surface area contributed by atoms with Crippen molar-refractivity contribution in [1.82, 2.24) is 4.98 Å². The Kier molecular flexibility index (Phi) is 3.65. The summed E-state index contributed by atoms with van der Waals surface area (Å²) in [6.45, 7) is 7.92. The van der Waals surface area contributed by atoms with Crippen molar-refractivity contribution < 1.29 is 9.84 Å². The quantitative estimate of drug-likeness (QED) is 0.888. The number of hydrogen-bond acceptors (Lipinski definition) is 5. The summed E-state index contributed by atoms with van der Waals surface area (Å²) < 4.78 is 6.38. The smallest absolute Gasteiger partial charge is 0.128 e. The van der Waals surface area contributed by atoms with Crippen LogP contribution in [-0.2, 0) is 6.42 Å². The maximum atomic E-state index is 10.2. The largest absolute Gasteiger partial charge is 0.507 e. The first-order valence-corrected chi connectivity index (χ1v) is 8.38. The number of aromatic hydroxyl groups is 1. The molecular formula is C17H22N2O2S. The monoisotopic (exact) mass is 318 g/mol. The third-order valence-corrected chi connectivity index (χ3v) is 5.78. The highest BCUT2D eigenvalue weighted by atomic mass is 32.1. The summed E-state index contributed by atoms with van der Waals surface area (Å²) in [6.07, 6.45) is 3.44. The lowest BCUT2D eigenvalue weighted by atomic mass is 9.83. The Morgan fingerprint density at radius 1 is 1.32 bits per heavy atom. The van der Waals surface area contributed by atoms with E-state index in [9.17, 15) is 5.11 Å². The Labute approximate surface area is 135 Å². The van der Waals surface area contributed by atoms with Crippen LogP contribution in [0.15, 0.2) is 11.6 Å². The van der Waals surface area contributed by atoms with Crippen molar-refractivity contribution in [2.75, 3.05) is 0 Å². The standard InChI is InChI=1S/C17H22N2O2S/c1-9-10(2)14-12(11(3)13(9)20)5-6-17(4,21-14)15(18)16-19-7-8-22-16/h7-8,15,20H,5-6,18H2,1-4H3. The Balaban J connectivity index is 2.04. The van der Waals surface area contributed by atoms with Gasteiger partial charge in [0.1, 0.15) is 22.1 Å². The van der Waals surface area contributed by atoms with Crippen LogP contribution in [0.4, 0.5) is 0 Å².